The summed E-state index contributed by atoms with van der Waals surface area (Å²) in [5, 5.41) is 2.88. The Morgan fingerprint density at radius 2 is 2.21 bits per heavy atom. The smallest absolute Gasteiger partial charge is 0.354 e. The van der Waals surface area contributed by atoms with E-state index < -0.39 is 0 Å². The normalized spacial score (nSPS) is 15.1. The average Bonchev–Trinajstić information content (AvgIpc) is 2.67. The molecule has 1 rings (SSSR count). The van der Waals surface area contributed by atoms with Gasteiger partial charge in [0.15, 0.2) is 0 Å². The minimum atomic E-state index is -0.260. The molecule has 0 aromatic heterocycles. The molecule has 1 fully saturated rings. The maximum Gasteiger partial charge on any atom is 0.354 e. The second kappa shape index (κ2) is 5.47. The van der Waals surface area contributed by atoms with Crippen molar-refractivity contribution in [2.75, 3.05) is 6.61 Å². The second-order valence-corrected chi connectivity index (χ2v) is 3.25. The zero-order valence-electron chi connectivity index (χ0n) is 8.64. The minimum Gasteiger partial charge on any atom is -0.461 e. The topological polar surface area (TPSA) is 38.3 Å². The maximum absolute atomic E-state index is 11.5. The van der Waals surface area contributed by atoms with Crippen LogP contribution in [0.3, 0.4) is 0 Å². The van der Waals surface area contributed by atoms with E-state index in [1.54, 1.807) is 0 Å². The second-order valence-electron chi connectivity index (χ2n) is 3.25. The fourth-order valence-corrected chi connectivity index (χ4v) is 1.66. The molecule has 1 aliphatic carbocycles. The maximum atomic E-state index is 11.5. The molecule has 1 N–H and O–H groups in total. The highest BCUT2D eigenvalue weighted by Crippen LogP contribution is 2.26. The van der Waals surface area contributed by atoms with Crippen LogP contribution in [0, 0.1) is 0 Å². The van der Waals surface area contributed by atoms with Crippen LogP contribution in [0.25, 0.3) is 0 Å². The number of allylic oxidation sites excluding steroid dienone is 1. The summed E-state index contributed by atoms with van der Waals surface area (Å²) in [4.78, 5) is 11.5. The summed E-state index contributed by atoms with van der Waals surface area (Å²) in [5.74, 6) is -0.260. The Labute approximate surface area is 84.8 Å². The van der Waals surface area contributed by atoms with E-state index in [0.29, 0.717) is 12.3 Å². The van der Waals surface area contributed by atoms with Gasteiger partial charge in [0.1, 0.15) is 5.70 Å². The molecule has 0 saturated heterocycles. The van der Waals surface area contributed by atoms with Crippen LogP contribution < -0.4 is 5.32 Å². The van der Waals surface area contributed by atoms with Crippen molar-refractivity contribution in [1.29, 1.82) is 0 Å². The Morgan fingerprint density at radius 1 is 1.57 bits per heavy atom. The number of carbonyl (C=O) groups excluding carboxylic acids is 1. The predicted octanol–water partition coefficient (Wildman–Crippen LogP) is 2.11. The van der Waals surface area contributed by atoms with E-state index in [2.05, 4.69) is 11.9 Å². The Hall–Kier alpha value is -1.25. The first-order chi connectivity index (χ1) is 6.79. The molecule has 0 radical (unpaired) electrons. The van der Waals surface area contributed by atoms with Crippen molar-refractivity contribution >= 4 is 5.97 Å². The monoisotopic (exact) mass is 195 g/mol. The number of carbonyl (C=O) groups is 1. The molecular weight excluding hydrogens is 178 g/mol. The Balaban J connectivity index is 2.76. The van der Waals surface area contributed by atoms with Crippen molar-refractivity contribution in [3.8, 4) is 0 Å². The highest BCUT2D eigenvalue weighted by molar-refractivity contribution is 5.89. The van der Waals surface area contributed by atoms with E-state index in [1.165, 1.54) is 11.8 Å². The van der Waals surface area contributed by atoms with Gasteiger partial charge in [-0.25, -0.2) is 4.79 Å². The first-order valence-corrected chi connectivity index (χ1v) is 5.06. The highest BCUT2D eigenvalue weighted by atomic mass is 16.5. The summed E-state index contributed by atoms with van der Waals surface area (Å²) in [6.07, 6.45) is 5.84. The van der Waals surface area contributed by atoms with E-state index in [0.717, 1.165) is 25.7 Å². The fourth-order valence-electron chi connectivity index (χ4n) is 1.66. The molecule has 0 aliphatic heterocycles. The van der Waals surface area contributed by atoms with E-state index in [9.17, 15) is 4.79 Å². The van der Waals surface area contributed by atoms with E-state index in [4.69, 9.17) is 4.74 Å². The van der Waals surface area contributed by atoms with Crippen LogP contribution in [-0.2, 0) is 9.53 Å². The fraction of sp³-hybridized carbons (Fsp3) is 0.545. The van der Waals surface area contributed by atoms with Gasteiger partial charge in [0.05, 0.1) is 6.61 Å². The summed E-state index contributed by atoms with van der Waals surface area (Å²) < 4.78 is 4.96. The van der Waals surface area contributed by atoms with Crippen molar-refractivity contribution in [3.63, 3.8) is 0 Å². The molecule has 0 amide bonds. The van der Waals surface area contributed by atoms with Gasteiger partial charge in [-0.15, -0.1) is 0 Å². The Kier molecular flexibility index (Phi) is 4.23. The minimum absolute atomic E-state index is 0.260. The SMILES string of the molecule is C=CNC(C(=O)OCC)=C1CCCC1. The Morgan fingerprint density at radius 3 is 2.71 bits per heavy atom. The van der Waals surface area contributed by atoms with Crippen LogP contribution in [0.5, 0.6) is 0 Å². The van der Waals surface area contributed by atoms with E-state index in [1.807, 2.05) is 6.92 Å². The van der Waals surface area contributed by atoms with Gasteiger partial charge in [-0.2, -0.15) is 0 Å². The Bertz CT molecular complexity index is 248. The van der Waals surface area contributed by atoms with Crippen molar-refractivity contribution in [3.05, 3.63) is 24.0 Å². The number of nitrogens with one attached hydrogen (secondary N) is 1. The molecule has 14 heavy (non-hydrogen) atoms. The summed E-state index contributed by atoms with van der Waals surface area (Å²) in [7, 11) is 0. The summed E-state index contributed by atoms with van der Waals surface area (Å²) in [6.45, 7) is 5.78. The molecule has 1 saturated carbocycles. The molecule has 78 valence electrons. The molecule has 1 aliphatic rings. The van der Waals surface area contributed by atoms with Crippen LogP contribution in [0.15, 0.2) is 24.0 Å². The van der Waals surface area contributed by atoms with Crippen molar-refractivity contribution in [2.45, 2.75) is 32.6 Å². The predicted molar refractivity (Wildman–Crippen MR) is 55.5 cm³/mol. The molecule has 0 bridgehead atoms. The molecule has 0 spiro atoms. The number of hydrogen-bond donors (Lipinski definition) is 1. The zero-order chi connectivity index (χ0) is 10.4. The first kappa shape index (κ1) is 10.8. The number of esters is 1. The summed E-state index contributed by atoms with van der Waals surface area (Å²) in [6, 6.07) is 0. The van der Waals surface area contributed by atoms with E-state index in [-0.39, 0.29) is 5.97 Å². The summed E-state index contributed by atoms with van der Waals surface area (Å²) >= 11 is 0. The lowest BCUT2D eigenvalue weighted by Crippen LogP contribution is -2.19. The van der Waals surface area contributed by atoms with Gasteiger partial charge in [-0.1, -0.05) is 6.58 Å². The lowest BCUT2D eigenvalue weighted by molar-refractivity contribution is -0.138. The third-order valence-electron chi connectivity index (χ3n) is 2.29. The molecule has 0 aromatic carbocycles. The molecule has 0 unspecified atom stereocenters. The molecule has 0 heterocycles. The van der Waals surface area contributed by atoms with Crippen LogP contribution >= 0.6 is 0 Å². The van der Waals surface area contributed by atoms with Gasteiger partial charge in [0.25, 0.3) is 0 Å². The summed E-state index contributed by atoms with van der Waals surface area (Å²) in [5.41, 5.74) is 1.77. The largest absolute Gasteiger partial charge is 0.461 e. The quantitative estimate of drug-likeness (QED) is 0.551. The van der Waals surface area contributed by atoms with E-state index >= 15 is 0 Å². The van der Waals surface area contributed by atoms with Crippen LogP contribution in [0.4, 0.5) is 0 Å². The van der Waals surface area contributed by atoms with Crippen molar-refractivity contribution in [1.82, 2.24) is 5.32 Å². The third kappa shape index (κ3) is 2.62. The van der Waals surface area contributed by atoms with Gasteiger partial charge in [0.2, 0.25) is 0 Å². The van der Waals surface area contributed by atoms with Crippen molar-refractivity contribution in [2.24, 2.45) is 0 Å². The van der Waals surface area contributed by atoms with Crippen LogP contribution in [0.2, 0.25) is 0 Å². The number of ether oxygens (including phenoxy) is 1. The lowest BCUT2D eigenvalue weighted by atomic mass is 10.1. The van der Waals surface area contributed by atoms with Crippen molar-refractivity contribution < 1.29 is 9.53 Å². The standard InChI is InChI=1S/C11H17NO2/c1-3-12-10(11(13)14-4-2)9-7-5-6-8-9/h3,12H,1,4-8H2,2H3. The molecule has 3 heteroatoms. The number of rotatable bonds is 4. The van der Waals surface area contributed by atoms with Gasteiger partial charge in [-0.3, -0.25) is 0 Å². The average molecular weight is 195 g/mol. The molecule has 0 atom stereocenters. The van der Waals surface area contributed by atoms with Gasteiger partial charge >= 0.3 is 5.97 Å². The lowest BCUT2D eigenvalue weighted by Gasteiger charge is -2.09. The van der Waals surface area contributed by atoms with Crippen LogP contribution in [0.1, 0.15) is 32.6 Å². The van der Waals surface area contributed by atoms with Gasteiger partial charge in [0, 0.05) is 0 Å². The molecule has 0 aromatic rings. The van der Waals surface area contributed by atoms with Gasteiger partial charge < -0.3 is 10.1 Å². The molecular formula is C11H17NO2. The van der Waals surface area contributed by atoms with Gasteiger partial charge in [-0.05, 0) is 44.4 Å². The van der Waals surface area contributed by atoms with Crippen LogP contribution in [-0.4, -0.2) is 12.6 Å². The first-order valence-electron chi connectivity index (χ1n) is 5.06. The molecule has 3 nitrogen and oxygen atoms in total. The third-order valence-corrected chi connectivity index (χ3v) is 2.29. The zero-order valence-corrected chi connectivity index (χ0v) is 8.64. The number of hydrogen-bond acceptors (Lipinski definition) is 3. The highest BCUT2D eigenvalue weighted by Gasteiger charge is 2.18.